The van der Waals surface area contributed by atoms with Crippen LogP contribution in [0.4, 0.5) is 5.69 Å². The number of ether oxygens (including phenoxy) is 2. The van der Waals surface area contributed by atoms with Gasteiger partial charge in [0.15, 0.2) is 0 Å². The molecule has 2 N–H and O–H groups in total. The van der Waals surface area contributed by atoms with Crippen LogP contribution < -0.4 is 14.8 Å². The lowest BCUT2D eigenvalue weighted by Crippen LogP contribution is -2.43. The van der Waals surface area contributed by atoms with Gasteiger partial charge in [-0.15, -0.1) is 11.3 Å². The predicted octanol–water partition coefficient (Wildman–Crippen LogP) is 3.67. The number of hydrogen-bond acceptors (Lipinski definition) is 7. The van der Waals surface area contributed by atoms with Gasteiger partial charge in [0.05, 0.1) is 36.9 Å². The molecule has 1 aliphatic heterocycles. The number of nitrogens with one attached hydrogen (secondary N) is 2. The molecule has 0 aliphatic carbocycles. The van der Waals surface area contributed by atoms with Gasteiger partial charge < -0.3 is 14.8 Å². The van der Waals surface area contributed by atoms with Crippen molar-refractivity contribution in [1.82, 2.24) is 10.2 Å². The van der Waals surface area contributed by atoms with E-state index >= 15 is 0 Å². The van der Waals surface area contributed by atoms with Crippen LogP contribution in [-0.2, 0) is 14.8 Å². The Balaban J connectivity index is 1.52. The van der Waals surface area contributed by atoms with E-state index in [1.165, 1.54) is 18.1 Å². The van der Waals surface area contributed by atoms with Gasteiger partial charge in [-0.1, -0.05) is 24.3 Å². The summed E-state index contributed by atoms with van der Waals surface area (Å²) in [5.74, 6) is 0.0823. The predicted molar refractivity (Wildman–Crippen MR) is 137 cm³/mol. The van der Waals surface area contributed by atoms with Gasteiger partial charge in [-0.3, -0.25) is 14.4 Å². The molecule has 0 saturated carbocycles. The van der Waals surface area contributed by atoms with E-state index in [0.29, 0.717) is 36.8 Å². The Morgan fingerprint density at radius 3 is 2.63 bits per heavy atom. The number of sulfonamides is 1. The molecule has 186 valence electrons. The quantitative estimate of drug-likeness (QED) is 0.451. The third kappa shape index (κ3) is 6.02. The first-order chi connectivity index (χ1) is 16.9. The molecule has 3 aromatic rings. The van der Waals surface area contributed by atoms with Gasteiger partial charge in [0, 0.05) is 30.1 Å². The third-order valence-electron chi connectivity index (χ3n) is 5.91. The highest BCUT2D eigenvalue weighted by Gasteiger charge is 2.25. The van der Waals surface area contributed by atoms with E-state index in [9.17, 15) is 13.2 Å². The van der Waals surface area contributed by atoms with Crippen LogP contribution in [0.5, 0.6) is 5.75 Å². The van der Waals surface area contributed by atoms with Gasteiger partial charge in [0.25, 0.3) is 15.9 Å². The number of thiophene rings is 1. The van der Waals surface area contributed by atoms with Crippen molar-refractivity contribution in [3.63, 3.8) is 0 Å². The number of nitrogens with zero attached hydrogens (tertiary/aromatic N) is 1. The lowest BCUT2D eigenvalue weighted by atomic mass is 10.1. The molecular weight excluding hydrogens is 486 g/mol. The highest BCUT2D eigenvalue weighted by atomic mass is 32.2. The highest BCUT2D eigenvalue weighted by Crippen LogP contribution is 2.28. The molecule has 1 aliphatic rings. The number of aryl methyl sites for hydroxylation is 1. The van der Waals surface area contributed by atoms with Gasteiger partial charge in [0.2, 0.25) is 0 Å². The summed E-state index contributed by atoms with van der Waals surface area (Å²) in [6.45, 7) is 5.01. The maximum Gasteiger partial charge on any atom is 0.262 e. The Bertz CT molecular complexity index is 1260. The van der Waals surface area contributed by atoms with Crippen molar-refractivity contribution in [3.8, 4) is 5.75 Å². The lowest BCUT2D eigenvalue weighted by molar-refractivity contribution is 0.0169. The Labute approximate surface area is 209 Å². The Morgan fingerprint density at radius 1 is 1.14 bits per heavy atom. The van der Waals surface area contributed by atoms with Gasteiger partial charge in [0.1, 0.15) is 5.75 Å². The first kappa shape index (κ1) is 25.2. The number of hydrogen-bond donors (Lipinski definition) is 2. The average molecular weight is 516 g/mol. The van der Waals surface area contributed by atoms with Crippen LogP contribution in [-0.4, -0.2) is 59.2 Å². The number of methoxy groups -OCH3 is 1. The lowest BCUT2D eigenvalue weighted by Gasteiger charge is -2.34. The smallest absolute Gasteiger partial charge is 0.262 e. The number of carbonyl (C=O) groups excluding carboxylic acids is 1. The van der Waals surface area contributed by atoms with Crippen LogP contribution in [0.3, 0.4) is 0 Å². The van der Waals surface area contributed by atoms with E-state index in [1.54, 1.807) is 54.7 Å². The number of benzene rings is 2. The van der Waals surface area contributed by atoms with Crippen molar-refractivity contribution >= 4 is 33.0 Å². The number of para-hydroxylation sites is 2. The van der Waals surface area contributed by atoms with Crippen LogP contribution in [0, 0.1) is 6.92 Å². The molecule has 0 unspecified atom stereocenters. The summed E-state index contributed by atoms with van der Waals surface area (Å²) in [6.07, 6.45) is 0. The topological polar surface area (TPSA) is 97.0 Å². The molecular formula is C25H29N3O5S2. The fourth-order valence-corrected chi connectivity index (χ4v) is 6.23. The van der Waals surface area contributed by atoms with E-state index in [2.05, 4.69) is 21.0 Å². The number of amides is 1. The molecule has 2 heterocycles. The summed E-state index contributed by atoms with van der Waals surface area (Å²) >= 11 is 1.65. The summed E-state index contributed by atoms with van der Waals surface area (Å²) in [4.78, 5) is 16.6. The second kappa shape index (κ2) is 11.2. The Kier molecular flexibility index (Phi) is 8.07. The van der Waals surface area contributed by atoms with E-state index in [-0.39, 0.29) is 22.4 Å². The number of carbonyl (C=O) groups is 1. The number of morpholine rings is 1. The fraction of sp³-hybridized carbons (Fsp3) is 0.320. The molecule has 0 spiro atoms. The van der Waals surface area contributed by atoms with Gasteiger partial charge in [-0.05, 0) is 48.2 Å². The highest BCUT2D eigenvalue weighted by molar-refractivity contribution is 7.92. The van der Waals surface area contributed by atoms with Crippen molar-refractivity contribution in [2.75, 3.05) is 44.7 Å². The molecule has 1 amide bonds. The molecule has 8 nitrogen and oxygen atoms in total. The summed E-state index contributed by atoms with van der Waals surface area (Å²) in [6, 6.07) is 15.6. The zero-order chi connectivity index (χ0) is 24.8. The largest absolute Gasteiger partial charge is 0.495 e. The van der Waals surface area contributed by atoms with Crippen LogP contribution in [0.15, 0.2) is 64.9 Å². The maximum absolute atomic E-state index is 13.2. The van der Waals surface area contributed by atoms with Gasteiger partial charge in [-0.25, -0.2) is 8.42 Å². The molecule has 0 bridgehead atoms. The summed E-state index contributed by atoms with van der Waals surface area (Å²) in [7, 11) is -2.47. The van der Waals surface area contributed by atoms with E-state index in [4.69, 9.17) is 9.47 Å². The fourth-order valence-electron chi connectivity index (χ4n) is 4.03. The van der Waals surface area contributed by atoms with Crippen molar-refractivity contribution in [1.29, 1.82) is 0 Å². The van der Waals surface area contributed by atoms with Crippen LogP contribution in [0.1, 0.15) is 26.8 Å². The molecule has 0 radical (unpaired) electrons. The number of rotatable bonds is 9. The van der Waals surface area contributed by atoms with E-state index in [1.807, 2.05) is 11.4 Å². The Morgan fingerprint density at radius 2 is 1.91 bits per heavy atom. The molecule has 1 fully saturated rings. The summed E-state index contributed by atoms with van der Waals surface area (Å²) < 4.78 is 39.7. The second-order valence-electron chi connectivity index (χ2n) is 8.18. The van der Waals surface area contributed by atoms with E-state index < -0.39 is 10.0 Å². The maximum atomic E-state index is 13.2. The van der Waals surface area contributed by atoms with Crippen molar-refractivity contribution in [2.45, 2.75) is 17.9 Å². The SMILES string of the molecule is COc1ccccc1NS(=O)(=O)c1cc(C(=O)NC[C@@H](c2cccs2)N2CCOCC2)ccc1C. The minimum atomic E-state index is -3.95. The summed E-state index contributed by atoms with van der Waals surface area (Å²) in [5.41, 5.74) is 1.14. The molecule has 4 rings (SSSR count). The first-order valence-electron chi connectivity index (χ1n) is 11.3. The van der Waals surface area contributed by atoms with E-state index in [0.717, 1.165) is 13.1 Å². The van der Waals surface area contributed by atoms with Crippen LogP contribution in [0.25, 0.3) is 0 Å². The standard InChI is InChI=1S/C25H29N3O5S2/c1-18-9-10-19(16-24(18)35(30,31)27-20-6-3-4-7-22(20)32-2)25(29)26-17-21(23-8-5-15-34-23)28-11-13-33-14-12-28/h3-10,15-16,21,27H,11-14,17H2,1-2H3,(H,26,29)/t21-/m0/s1. The molecule has 1 saturated heterocycles. The molecule has 1 aromatic heterocycles. The third-order valence-corrected chi connectivity index (χ3v) is 8.39. The van der Waals surface area contributed by atoms with Crippen LogP contribution in [0.2, 0.25) is 0 Å². The zero-order valence-corrected chi connectivity index (χ0v) is 21.3. The van der Waals surface area contributed by atoms with Crippen LogP contribution >= 0.6 is 11.3 Å². The zero-order valence-electron chi connectivity index (χ0n) is 19.7. The Hall–Kier alpha value is -2.92. The monoisotopic (exact) mass is 515 g/mol. The second-order valence-corrected chi connectivity index (χ2v) is 10.8. The van der Waals surface area contributed by atoms with Gasteiger partial charge in [-0.2, -0.15) is 0 Å². The van der Waals surface area contributed by atoms with Crippen molar-refractivity contribution < 1.29 is 22.7 Å². The molecule has 1 atom stereocenters. The first-order valence-corrected chi connectivity index (χ1v) is 13.6. The van der Waals surface area contributed by atoms with Crippen molar-refractivity contribution in [3.05, 3.63) is 76.0 Å². The minimum absolute atomic E-state index is 0.0312. The molecule has 35 heavy (non-hydrogen) atoms. The average Bonchev–Trinajstić information content (AvgIpc) is 3.39. The molecule has 2 aromatic carbocycles. The molecule has 10 heteroatoms. The summed E-state index contributed by atoms with van der Waals surface area (Å²) in [5, 5.41) is 5.02. The minimum Gasteiger partial charge on any atom is -0.495 e. The normalized spacial score (nSPS) is 15.4. The number of anilines is 1. The van der Waals surface area contributed by atoms with Gasteiger partial charge >= 0.3 is 0 Å². The van der Waals surface area contributed by atoms with Crippen molar-refractivity contribution in [2.24, 2.45) is 0 Å².